The Balaban J connectivity index is 1.53. The summed E-state index contributed by atoms with van der Waals surface area (Å²) in [5, 5.41) is 10.1. The third-order valence-corrected chi connectivity index (χ3v) is 10.9. The van der Waals surface area contributed by atoms with Gasteiger partial charge in [0, 0.05) is 11.4 Å². The van der Waals surface area contributed by atoms with Crippen molar-refractivity contribution in [3.63, 3.8) is 0 Å². The van der Waals surface area contributed by atoms with Gasteiger partial charge in [-0.3, -0.25) is 4.79 Å². The Morgan fingerprint density at radius 3 is 2.28 bits per heavy atom. The molecule has 7 nitrogen and oxygen atoms in total. The molecule has 0 bridgehead atoms. The number of anilines is 1. The highest BCUT2D eigenvalue weighted by Gasteiger charge is 2.44. The summed E-state index contributed by atoms with van der Waals surface area (Å²) in [5.74, 6) is -1.12. The number of sulfonamides is 1. The Morgan fingerprint density at radius 2 is 1.67 bits per heavy atom. The molecule has 1 aliphatic heterocycles. The molecule has 5 rings (SSSR count). The van der Waals surface area contributed by atoms with Gasteiger partial charge in [-0.25, -0.2) is 13.2 Å². The molecule has 9 heteroatoms. The van der Waals surface area contributed by atoms with Crippen LogP contribution in [0.25, 0.3) is 10.4 Å². The summed E-state index contributed by atoms with van der Waals surface area (Å²) in [7, 11) is -3.91. The van der Waals surface area contributed by atoms with E-state index in [2.05, 4.69) is 13.8 Å². The fraction of sp³-hybridized carbons (Fsp3) is 0.400. The zero-order valence-corrected chi connectivity index (χ0v) is 23.9. The summed E-state index contributed by atoms with van der Waals surface area (Å²) in [6, 6.07) is 17.7. The molecular formula is C30H34N2O5S2. The van der Waals surface area contributed by atoms with E-state index in [1.165, 1.54) is 4.31 Å². The number of carbonyl (C=O) groups excluding carboxylic acids is 1. The van der Waals surface area contributed by atoms with Gasteiger partial charge < -0.3 is 10.0 Å². The third-order valence-electron chi connectivity index (χ3n) is 7.91. The number of amides is 1. The Bertz CT molecular complexity index is 1440. The summed E-state index contributed by atoms with van der Waals surface area (Å²) in [5.41, 5.74) is 2.29. The Kier molecular flexibility index (Phi) is 7.94. The molecule has 1 unspecified atom stereocenters. The van der Waals surface area contributed by atoms with Crippen molar-refractivity contribution in [2.24, 2.45) is 5.92 Å². The lowest BCUT2D eigenvalue weighted by molar-refractivity contribution is -0.121. The topological polar surface area (TPSA) is 95.0 Å². The van der Waals surface area contributed by atoms with Gasteiger partial charge in [0.05, 0.1) is 23.2 Å². The molecule has 1 atom stereocenters. The number of rotatable bonds is 7. The first-order valence-corrected chi connectivity index (χ1v) is 15.8. The number of aromatic carboxylic acids is 1. The molecule has 0 spiro atoms. The van der Waals surface area contributed by atoms with Gasteiger partial charge in [0.1, 0.15) is 4.88 Å². The van der Waals surface area contributed by atoms with E-state index in [-0.39, 0.29) is 40.6 Å². The third kappa shape index (κ3) is 5.53. The van der Waals surface area contributed by atoms with Crippen molar-refractivity contribution in [3.05, 3.63) is 71.1 Å². The van der Waals surface area contributed by atoms with Gasteiger partial charge in [-0.15, -0.1) is 11.3 Å². The van der Waals surface area contributed by atoms with Gasteiger partial charge >= 0.3 is 5.97 Å². The molecule has 1 aliphatic carbocycles. The molecule has 1 N–H and O–H groups in total. The molecule has 1 saturated heterocycles. The quantitative estimate of drug-likeness (QED) is 0.366. The van der Waals surface area contributed by atoms with Gasteiger partial charge in [-0.1, -0.05) is 75.6 Å². The fourth-order valence-corrected chi connectivity index (χ4v) is 8.17. The molecule has 2 aliphatic rings. The molecule has 39 heavy (non-hydrogen) atoms. The molecule has 0 radical (unpaired) electrons. The molecule has 2 heterocycles. The minimum absolute atomic E-state index is 0.0886. The number of hydrogen-bond acceptors (Lipinski definition) is 5. The smallest absolute Gasteiger partial charge is 0.348 e. The number of carboxylic acids is 1. The lowest BCUT2D eigenvalue weighted by Crippen LogP contribution is -2.60. The molecule has 1 saturated carbocycles. The maximum atomic E-state index is 13.8. The predicted octanol–water partition coefficient (Wildman–Crippen LogP) is 6.22. The van der Waals surface area contributed by atoms with Crippen LogP contribution in [0.15, 0.2) is 65.6 Å². The summed E-state index contributed by atoms with van der Waals surface area (Å²) in [4.78, 5) is 28.8. The van der Waals surface area contributed by atoms with Crippen LogP contribution < -0.4 is 4.90 Å². The second-order valence-electron chi connectivity index (χ2n) is 10.7. The second kappa shape index (κ2) is 11.2. The average Bonchev–Trinajstić information content (AvgIpc) is 3.39. The lowest BCUT2D eigenvalue weighted by atomic mass is 9.82. The normalized spacial score (nSPS) is 19.5. The fourth-order valence-electron chi connectivity index (χ4n) is 5.77. The minimum Gasteiger partial charge on any atom is -0.477 e. The van der Waals surface area contributed by atoms with E-state index in [1.807, 2.05) is 42.5 Å². The summed E-state index contributed by atoms with van der Waals surface area (Å²) < 4.78 is 28.7. The van der Waals surface area contributed by atoms with Crippen LogP contribution >= 0.6 is 11.3 Å². The highest BCUT2D eigenvalue weighted by molar-refractivity contribution is 7.89. The number of carbonyl (C=O) groups is 2. The minimum atomic E-state index is -3.91. The Morgan fingerprint density at radius 1 is 1.00 bits per heavy atom. The highest BCUT2D eigenvalue weighted by Crippen LogP contribution is 2.42. The lowest BCUT2D eigenvalue weighted by Gasteiger charge is -2.44. The zero-order valence-electron chi connectivity index (χ0n) is 22.2. The van der Waals surface area contributed by atoms with Crippen LogP contribution in [-0.4, -0.2) is 48.8 Å². The molecule has 1 amide bonds. The van der Waals surface area contributed by atoms with Gasteiger partial charge in [0.15, 0.2) is 0 Å². The number of nitrogens with zero attached hydrogens (tertiary/aromatic N) is 2. The van der Waals surface area contributed by atoms with E-state index in [4.69, 9.17) is 0 Å². The summed E-state index contributed by atoms with van der Waals surface area (Å²) in [6.45, 7) is 3.91. The van der Waals surface area contributed by atoms with Crippen molar-refractivity contribution in [2.75, 3.05) is 18.0 Å². The SMILES string of the molecule is CC(C)c1ccc(S(=O)(=O)N2CC(=O)N(c3cc(-c4ccccc4)sc3C(=O)O)C(C3CCCCC3)C2)cc1. The molecule has 2 fully saturated rings. The van der Waals surface area contributed by atoms with E-state index in [0.29, 0.717) is 5.69 Å². The maximum absolute atomic E-state index is 13.8. The predicted molar refractivity (Wildman–Crippen MR) is 154 cm³/mol. The number of benzene rings is 2. The monoisotopic (exact) mass is 566 g/mol. The Hall–Kier alpha value is -3.01. The van der Waals surface area contributed by atoms with Crippen molar-refractivity contribution in [1.29, 1.82) is 0 Å². The second-order valence-corrected chi connectivity index (χ2v) is 13.7. The summed E-state index contributed by atoms with van der Waals surface area (Å²) in [6.07, 6.45) is 4.89. The molecule has 3 aromatic rings. The first-order chi connectivity index (χ1) is 18.7. The number of piperazine rings is 1. The van der Waals surface area contributed by atoms with Crippen molar-refractivity contribution in [3.8, 4) is 10.4 Å². The number of carboxylic acid groups (broad SMARTS) is 1. The van der Waals surface area contributed by atoms with Gasteiger partial charge in [-0.05, 0) is 54.0 Å². The number of thiophene rings is 1. The maximum Gasteiger partial charge on any atom is 0.348 e. The zero-order chi connectivity index (χ0) is 27.7. The van der Waals surface area contributed by atoms with Crippen LogP contribution in [0, 0.1) is 5.92 Å². The van der Waals surface area contributed by atoms with Crippen LogP contribution in [0.5, 0.6) is 0 Å². The van der Waals surface area contributed by atoms with E-state index in [9.17, 15) is 23.1 Å². The largest absolute Gasteiger partial charge is 0.477 e. The summed E-state index contributed by atoms with van der Waals surface area (Å²) >= 11 is 1.15. The number of hydrogen-bond donors (Lipinski definition) is 1. The van der Waals surface area contributed by atoms with Gasteiger partial charge in [-0.2, -0.15) is 4.31 Å². The first-order valence-electron chi connectivity index (χ1n) is 13.5. The molecule has 2 aromatic carbocycles. The van der Waals surface area contributed by atoms with E-state index < -0.39 is 22.0 Å². The van der Waals surface area contributed by atoms with Gasteiger partial charge in [0.2, 0.25) is 15.9 Å². The van der Waals surface area contributed by atoms with E-state index in [1.54, 1.807) is 23.1 Å². The van der Waals surface area contributed by atoms with Crippen LogP contribution in [0.1, 0.15) is 67.1 Å². The standard InChI is InChI=1S/C30H34N2O5S2/c1-20(2)21-13-15-24(16-14-21)39(36,37)31-18-26(22-9-5-3-6-10-22)32(28(33)19-31)25-17-27(38-29(25)30(34)35)23-11-7-4-8-12-23/h4,7-8,11-17,20,22,26H,3,5-6,9-10,18-19H2,1-2H3,(H,34,35). The van der Waals surface area contributed by atoms with Crippen molar-refractivity contribution < 1.29 is 23.1 Å². The van der Waals surface area contributed by atoms with Crippen molar-refractivity contribution in [1.82, 2.24) is 4.31 Å². The van der Waals surface area contributed by atoms with E-state index in [0.717, 1.165) is 59.4 Å². The average molecular weight is 567 g/mol. The van der Waals surface area contributed by atoms with Crippen molar-refractivity contribution in [2.45, 2.75) is 62.8 Å². The van der Waals surface area contributed by atoms with E-state index >= 15 is 0 Å². The Labute approximate surface area is 234 Å². The highest BCUT2D eigenvalue weighted by atomic mass is 32.2. The molecule has 1 aromatic heterocycles. The van der Waals surface area contributed by atoms with Crippen LogP contribution in [0.2, 0.25) is 0 Å². The van der Waals surface area contributed by atoms with Gasteiger partial charge in [0.25, 0.3) is 0 Å². The molecule has 206 valence electrons. The van der Waals surface area contributed by atoms with Crippen LogP contribution in [0.3, 0.4) is 0 Å². The van der Waals surface area contributed by atoms with Crippen molar-refractivity contribution >= 4 is 38.9 Å². The molecular weight excluding hydrogens is 532 g/mol. The van der Waals surface area contributed by atoms with Crippen LogP contribution in [-0.2, 0) is 14.8 Å². The first kappa shape index (κ1) is 27.6. The van der Waals surface area contributed by atoms with Crippen LogP contribution in [0.4, 0.5) is 5.69 Å².